The van der Waals surface area contributed by atoms with Gasteiger partial charge in [0.1, 0.15) is 0 Å². The maximum absolute atomic E-state index is 13.0. The third-order valence-electron chi connectivity index (χ3n) is 6.33. The van der Waals surface area contributed by atoms with Crippen molar-refractivity contribution in [2.75, 3.05) is 20.2 Å². The molecular weight excluding hydrogens is 436 g/mol. The highest BCUT2D eigenvalue weighted by atomic mass is 32.2. The van der Waals surface area contributed by atoms with E-state index >= 15 is 0 Å². The molecule has 0 saturated heterocycles. The molecule has 4 rings (SSSR count). The monoisotopic (exact) mass is 464 g/mol. The van der Waals surface area contributed by atoms with Gasteiger partial charge in [0.05, 0.1) is 12.6 Å². The van der Waals surface area contributed by atoms with Crippen LogP contribution in [-0.4, -0.2) is 48.6 Å². The molecule has 0 N–H and O–H groups in total. The molecular formula is C26H28N2O4S. The Hall–Kier alpha value is -3.03. The number of carbonyl (C=O) groups is 1. The second-order valence-electron chi connectivity index (χ2n) is 8.79. The number of fused-ring (bicyclic) bond motifs is 1. The van der Waals surface area contributed by atoms with Crippen LogP contribution in [-0.2, 0) is 19.6 Å². The summed E-state index contributed by atoms with van der Waals surface area (Å²) in [4.78, 5) is 16.6. The van der Waals surface area contributed by atoms with Crippen LogP contribution in [0.2, 0.25) is 0 Å². The minimum absolute atomic E-state index is 0.230. The molecule has 1 aliphatic rings. The smallest absolute Gasteiger partial charge is 0.328 e. The number of para-hydroxylation sites is 1. The average Bonchev–Trinajstić information content (AvgIpc) is 2.83. The number of sulfonamides is 1. The second-order valence-corrected chi connectivity index (χ2v) is 11.3. The van der Waals surface area contributed by atoms with Crippen molar-refractivity contribution in [1.29, 1.82) is 0 Å². The molecule has 0 saturated carbocycles. The summed E-state index contributed by atoms with van der Waals surface area (Å²) in [7, 11) is -2.64. The van der Waals surface area contributed by atoms with Crippen LogP contribution >= 0.6 is 0 Å². The van der Waals surface area contributed by atoms with Crippen LogP contribution < -0.4 is 0 Å². The minimum atomic E-state index is -3.84. The Balaban J connectivity index is 1.57. The summed E-state index contributed by atoms with van der Waals surface area (Å²) < 4.78 is 30.4. The van der Waals surface area contributed by atoms with Crippen molar-refractivity contribution in [3.05, 3.63) is 71.9 Å². The molecule has 0 amide bonds. The maximum atomic E-state index is 13.0. The summed E-state index contributed by atoms with van der Waals surface area (Å²) in [5, 5.41) is 1.10. The molecule has 0 radical (unpaired) electrons. The Morgan fingerprint density at radius 3 is 2.52 bits per heavy atom. The van der Waals surface area contributed by atoms with E-state index in [1.807, 2.05) is 30.5 Å². The molecule has 1 aliphatic heterocycles. The van der Waals surface area contributed by atoms with Gasteiger partial charge in [-0.25, -0.2) is 8.42 Å². The molecule has 172 valence electrons. The number of nitrogens with zero attached hydrogens (tertiary/aromatic N) is 2. The zero-order valence-corrected chi connectivity index (χ0v) is 20.1. The number of hydrogen-bond donors (Lipinski definition) is 0. The van der Waals surface area contributed by atoms with E-state index in [9.17, 15) is 13.2 Å². The molecule has 33 heavy (non-hydrogen) atoms. The van der Waals surface area contributed by atoms with Crippen LogP contribution in [0.1, 0.15) is 31.4 Å². The quantitative estimate of drug-likeness (QED) is 0.517. The van der Waals surface area contributed by atoms with Crippen molar-refractivity contribution in [1.82, 2.24) is 9.29 Å². The topological polar surface area (TPSA) is 76.6 Å². The first-order chi connectivity index (χ1) is 15.6. The van der Waals surface area contributed by atoms with Gasteiger partial charge >= 0.3 is 5.97 Å². The van der Waals surface area contributed by atoms with Crippen molar-refractivity contribution >= 4 is 32.5 Å². The molecule has 0 aliphatic carbocycles. The van der Waals surface area contributed by atoms with Gasteiger partial charge in [0.25, 0.3) is 0 Å². The Kier molecular flexibility index (Phi) is 6.12. The molecule has 7 heteroatoms. The predicted molar refractivity (Wildman–Crippen MR) is 131 cm³/mol. The number of methoxy groups -OCH3 is 1. The van der Waals surface area contributed by atoms with E-state index in [1.165, 1.54) is 25.3 Å². The third kappa shape index (κ3) is 4.18. The highest BCUT2D eigenvalue weighted by Gasteiger charge is 2.46. The molecule has 0 spiro atoms. The summed E-state index contributed by atoms with van der Waals surface area (Å²) in [5.41, 5.74) is 6.47. The van der Waals surface area contributed by atoms with Crippen LogP contribution in [0.4, 0.5) is 0 Å². The lowest BCUT2D eigenvalue weighted by Gasteiger charge is -2.32. The molecule has 6 nitrogen and oxygen atoms in total. The molecule has 0 fully saturated rings. The van der Waals surface area contributed by atoms with E-state index in [0.717, 1.165) is 38.7 Å². The van der Waals surface area contributed by atoms with E-state index in [0.29, 0.717) is 13.0 Å². The first-order valence-electron chi connectivity index (χ1n) is 10.9. The highest BCUT2D eigenvalue weighted by molar-refractivity contribution is 7.91. The van der Waals surface area contributed by atoms with Gasteiger partial charge in [0.2, 0.25) is 10.0 Å². The van der Waals surface area contributed by atoms with Gasteiger partial charge in [-0.05, 0) is 61.6 Å². The molecule has 0 atom stereocenters. The lowest BCUT2D eigenvalue weighted by molar-refractivity contribution is -0.142. The van der Waals surface area contributed by atoms with Gasteiger partial charge in [0.15, 0.2) is 4.75 Å². The van der Waals surface area contributed by atoms with Gasteiger partial charge in [-0.1, -0.05) is 42.5 Å². The van der Waals surface area contributed by atoms with E-state index < -0.39 is 20.7 Å². The van der Waals surface area contributed by atoms with E-state index in [-0.39, 0.29) is 6.54 Å². The zero-order valence-electron chi connectivity index (χ0n) is 19.3. The largest absolute Gasteiger partial charge is 0.468 e. The standard InChI is InChI=1S/C26H28N2O4S/c1-18-15-20(9-10-23(18)22-16-21-7-5-6-8-24(21)27-17-22)19-11-13-28(14-12-19)33(30,31)26(2,3)25(29)32-4/h5-11,15-17H,12-14H2,1-4H3. The van der Waals surface area contributed by atoms with Crippen molar-refractivity contribution in [3.8, 4) is 11.1 Å². The maximum Gasteiger partial charge on any atom is 0.328 e. The summed E-state index contributed by atoms with van der Waals surface area (Å²) in [5.74, 6) is -0.758. The lowest BCUT2D eigenvalue weighted by Crippen LogP contribution is -2.51. The van der Waals surface area contributed by atoms with Gasteiger partial charge < -0.3 is 4.74 Å². The number of aryl methyl sites for hydroxylation is 1. The second kappa shape index (κ2) is 8.72. The Morgan fingerprint density at radius 1 is 1.09 bits per heavy atom. The fraction of sp³-hybridized carbons (Fsp3) is 0.308. The van der Waals surface area contributed by atoms with E-state index in [1.54, 1.807) is 0 Å². The highest BCUT2D eigenvalue weighted by Crippen LogP contribution is 2.32. The fourth-order valence-electron chi connectivity index (χ4n) is 4.21. The molecule has 2 heterocycles. The normalized spacial score (nSPS) is 15.3. The molecule has 2 aromatic carbocycles. The summed E-state index contributed by atoms with van der Waals surface area (Å²) in [6.07, 6.45) is 4.41. The molecule has 1 aromatic heterocycles. The number of benzene rings is 2. The lowest BCUT2D eigenvalue weighted by atomic mass is 9.94. The number of esters is 1. The van der Waals surface area contributed by atoms with Gasteiger partial charge in [0, 0.05) is 30.2 Å². The van der Waals surface area contributed by atoms with Crippen molar-refractivity contribution in [3.63, 3.8) is 0 Å². The van der Waals surface area contributed by atoms with Gasteiger partial charge in [-0.15, -0.1) is 0 Å². The predicted octanol–water partition coefficient (Wildman–Crippen LogP) is 4.58. The number of ether oxygens (including phenoxy) is 1. The number of aromatic nitrogens is 1. The summed E-state index contributed by atoms with van der Waals surface area (Å²) in [6.45, 7) is 5.40. The van der Waals surface area contributed by atoms with Gasteiger partial charge in [-0.2, -0.15) is 4.31 Å². The Morgan fingerprint density at radius 2 is 1.85 bits per heavy atom. The van der Waals surface area contributed by atoms with Crippen molar-refractivity contribution in [2.45, 2.75) is 31.9 Å². The van der Waals surface area contributed by atoms with Crippen LogP contribution in [0.5, 0.6) is 0 Å². The summed E-state index contributed by atoms with van der Waals surface area (Å²) in [6, 6.07) is 16.5. The van der Waals surface area contributed by atoms with E-state index in [4.69, 9.17) is 4.74 Å². The number of pyridine rings is 1. The average molecular weight is 465 g/mol. The van der Waals surface area contributed by atoms with Crippen molar-refractivity contribution < 1.29 is 17.9 Å². The van der Waals surface area contributed by atoms with Crippen LogP contribution in [0, 0.1) is 6.92 Å². The first-order valence-corrected chi connectivity index (χ1v) is 12.3. The first kappa shape index (κ1) is 23.1. The van der Waals surface area contributed by atoms with Crippen LogP contribution in [0.15, 0.2) is 60.8 Å². The molecule has 3 aromatic rings. The zero-order chi connectivity index (χ0) is 23.8. The SMILES string of the molecule is COC(=O)C(C)(C)S(=O)(=O)N1CC=C(c2ccc(-c3cnc4ccccc4c3)c(C)c2)CC1. The van der Waals surface area contributed by atoms with Gasteiger partial charge in [-0.3, -0.25) is 9.78 Å². The third-order valence-corrected chi connectivity index (χ3v) is 8.80. The Bertz CT molecular complexity index is 1360. The Labute approximate surface area is 195 Å². The summed E-state index contributed by atoms with van der Waals surface area (Å²) >= 11 is 0. The number of rotatable bonds is 5. The molecule has 0 unspecified atom stereocenters. The van der Waals surface area contributed by atoms with E-state index in [2.05, 4.69) is 42.2 Å². The minimum Gasteiger partial charge on any atom is -0.468 e. The molecule has 0 bridgehead atoms. The van der Waals surface area contributed by atoms with Crippen LogP contribution in [0.25, 0.3) is 27.6 Å². The number of hydrogen-bond acceptors (Lipinski definition) is 5. The fourth-order valence-corrected chi connectivity index (χ4v) is 5.75. The van der Waals surface area contributed by atoms with Crippen molar-refractivity contribution in [2.24, 2.45) is 0 Å². The number of carbonyl (C=O) groups excluding carboxylic acids is 1. The van der Waals surface area contributed by atoms with Crippen LogP contribution in [0.3, 0.4) is 0 Å².